The molecular weight excluding hydrogens is 204 g/mol. The minimum atomic E-state index is -1.02. The van der Waals surface area contributed by atoms with Crippen molar-refractivity contribution in [3.8, 4) is 5.75 Å². The number of ether oxygens (including phenoxy) is 2. The highest BCUT2D eigenvalue weighted by Gasteiger charge is 2.35. The van der Waals surface area contributed by atoms with Crippen LogP contribution in [-0.4, -0.2) is 24.9 Å². The summed E-state index contributed by atoms with van der Waals surface area (Å²) in [6, 6.07) is 5.90. The summed E-state index contributed by atoms with van der Waals surface area (Å²) < 4.78 is 10.8. The van der Waals surface area contributed by atoms with E-state index in [4.69, 9.17) is 9.47 Å². The van der Waals surface area contributed by atoms with Crippen LogP contribution in [0.25, 0.3) is 0 Å². The lowest BCUT2D eigenvalue weighted by atomic mass is 9.89. The van der Waals surface area contributed by atoms with Crippen LogP contribution in [0.4, 0.5) is 0 Å². The maximum absolute atomic E-state index is 10.5. The third-order valence-corrected chi connectivity index (χ3v) is 3.40. The van der Waals surface area contributed by atoms with E-state index in [1.54, 1.807) is 14.0 Å². The molecule has 1 aliphatic heterocycles. The molecule has 2 unspecified atom stereocenters. The Morgan fingerprint density at radius 2 is 2.25 bits per heavy atom. The lowest BCUT2D eigenvalue weighted by molar-refractivity contribution is -0.0782. The maximum Gasteiger partial charge on any atom is 0.128 e. The Morgan fingerprint density at radius 1 is 1.50 bits per heavy atom. The summed E-state index contributed by atoms with van der Waals surface area (Å²) in [6.45, 7) is 4.32. The van der Waals surface area contributed by atoms with E-state index in [0.29, 0.717) is 6.61 Å². The summed E-state index contributed by atoms with van der Waals surface area (Å²) in [5, 5.41) is 10.5. The molecule has 0 amide bonds. The molecule has 0 aromatic heterocycles. The van der Waals surface area contributed by atoms with E-state index < -0.39 is 5.60 Å². The highest BCUT2D eigenvalue weighted by Crippen LogP contribution is 2.38. The second-order valence-corrected chi connectivity index (χ2v) is 4.42. The number of para-hydroxylation sites is 1. The van der Waals surface area contributed by atoms with Crippen LogP contribution in [0.1, 0.15) is 25.0 Å². The molecule has 0 spiro atoms. The average molecular weight is 222 g/mol. The Balaban J connectivity index is 2.44. The van der Waals surface area contributed by atoms with E-state index >= 15 is 0 Å². The number of rotatable bonds is 3. The molecule has 3 nitrogen and oxygen atoms in total. The van der Waals surface area contributed by atoms with Crippen molar-refractivity contribution < 1.29 is 14.6 Å². The number of methoxy groups -OCH3 is 1. The molecule has 2 rings (SSSR count). The molecule has 1 aromatic rings. The molecule has 0 saturated heterocycles. The molecule has 88 valence electrons. The predicted molar refractivity (Wildman–Crippen MR) is 61.7 cm³/mol. The molecule has 0 fully saturated rings. The fourth-order valence-electron chi connectivity index (χ4n) is 2.06. The van der Waals surface area contributed by atoms with Crippen LogP contribution < -0.4 is 4.74 Å². The molecule has 0 aliphatic carbocycles. The zero-order valence-corrected chi connectivity index (χ0v) is 9.99. The fourth-order valence-corrected chi connectivity index (χ4v) is 2.06. The summed E-state index contributed by atoms with van der Waals surface area (Å²) >= 11 is 0. The highest BCUT2D eigenvalue weighted by molar-refractivity contribution is 5.47. The molecule has 1 N–H and O–H groups in total. The van der Waals surface area contributed by atoms with Gasteiger partial charge in [0.15, 0.2) is 0 Å². The number of hydrogen-bond donors (Lipinski definition) is 1. The maximum atomic E-state index is 10.5. The molecule has 0 bridgehead atoms. The zero-order valence-electron chi connectivity index (χ0n) is 9.99. The molecular formula is C13H18O3. The summed E-state index contributed by atoms with van der Waals surface area (Å²) in [6.07, 6.45) is 0.642. The van der Waals surface area contributed by atoms with Crippen molar-refractivity contribution >= 4 is 0 Å². The van der Waals surface area contributed by atoms with Gasteiger partial charge in [-0.1, -0.05) is 18.2 Å². The van der Waals surface area contributed by atoms with Gasteiger partial charge in [0, 0.05) is 19.1 Å². The molecule has 1 aliphatic rings. The van der Waals surface area contributed by atoms with Gasteiger partial charge >= 0.3 is 0 Å². The van der Waals surface area contributed by atoms with Gasteiger partial charge in [-0.3, -0.25) is 0 Å². The lowest BCUT2D eigenvalue weighted by Crippen LogP contribution is -2.36. The minimum Gasteiger partial charge on any atom is -0.493 e. The van der Waals surface area contributed by atoms with Gasteiger partial charge in [0.2, 0.25) is 0 Å². The fraction of sp³-hybridized carbons (Fsp3) is 0.538. The summed E-state index contributed by atoms with van der Waals surface area (Å²) in [5.41, 5.74) is 0.961. The van der Waals surface area contributed by atoms with Gasteiger partial charge in [0.25, 0.3) is 0 Å². The van der Waals surface area contributed by atoms with Gasteiger partial charge in [-0.15, -0.1) is 0 Å². The first kappa shape index (κ1) is 11.4. The number of aliphatic hydroxyl groups is 1. The van der Waals surface area contributed by atoms with Crippen molar-refractivity contribution in [3.05, 3.63) is 29.3 Å². The summed E-state index contributed by atoms with van der Waals surface area (Å²) in [5.74, 6) is 0.830. The SMILES string of the molecule is COC(C)C(C)(O)c1cccc2c1OCC2. The lowest BCUT2D eigenvalue weighted by Gasteiger charge is -2.30. The second kappa shape index (κ2) is 4.07. The number of hydrogen-bond acceptors (Lipinski definition) is 3. The molecule has 3 heteroatoms. The first-order valence-corrected chi connectivity index (χ1v) is 5.57. The normalized spacial score (nSPS) is 19.8. The van der Waals surface area contributed by atoms with E-state index in [-0.39, 0.29) is 6.10 Å². The average Bonchev–Trinajstić information content (AvgIpc) is 2.75. The molecule has 1 aromatic carbocycles. The largest absolute Gasteiger partial charge is 0.493 e. The van der Waals surface area contributed by atoms with Crippen LogP contribution in [0.15, 0.2) is 18.2 Å². The van der Waals surface area contributed by atoms with Crippen molar-refractivity contribution in [3.63, 3.8) is 0 Å². The van der Waals surface area contributed by atoms with Gasteiger partial charge in [-0.2, -0.15) is 0 Å². The quantitative estimate of drug-likeness (QED) is 0.848. The van der Waals surface area contributed by atoms with Crippen LogP contribution >= 0.6 is 0 Å². The number of benzene rings is 1. The Morgan fingerprint density at radius 3 is 2.94 bits per heavy atom. The topological polar surface area (TPSA) is 38.7 Å². The highest BCUT2D eigenvalue weighted by atomic mass is 16.5. The van der Waals surface area contributed by atoms with Crippen molar-refractivity contribution in [2.75, 3.05) is 13.7 Å². The Kier molecular flexibility index (Phi) is 2.91. The van der Waals surface area contributed by atoms with Crippen molar-refractivity contribution in [2.45, 2.75) is 32.0 Å². The molecule has 1 heterocycles. The van der Waals surface area contributed by atoms with Crippen LogP contribution in [-0.2, 0) is 16.8 Å². The smallest absolute Gasteiger partial charge is 0.128 e. The van der Waals surface area contributed by atoms with Gasteiger partial charge in [-0.05, 0) is 19.4 Å². The van der Waals surface area contributed by atoms with Crippen LogP contribution in [0.5, 0.6) is 5.75 Å². The first-order chi connectivity index (χ1) is 7.57. The molecule has 16 heavy (non-hydrogen) atoms. The molecule has 2 atom stereocenters. The van der Waals surface area contributed by atoms with E-state index in [1.807, 2.05) is 25.1 Å². The van der Waals surface area contributed by atoms with E-state index in [0.717, 1.165) is 17.7 Å². The van der Waals surface area contributed by atoms with E-state index in [2.05, 4.69) is 0 Å². The van der Waals surface area contributed by atoms with Crippen molar-refractivity contribution in [1.82, 2.24) is 0 Å². The van der Waals surface area contributed by atoms with Gasteiger partial charge in [0.05, 0.1) is 12.7 Å². The van der Waals surface area contributed by atoms with Crippen molar-refractivity contribution in [1.29, 1.82) is 0 Å². The van der Waals surface area contributed by atoms with Crippen molar-refractivity contribution in [2.24, 2.45) is 0 Å². The van der Waals surface area contributed by atoms with Crippen LogP contribution in [0.3, 0.4) is 0 Å². The Hall–Kier alpha value is -1.06. The Bertz CT molecular complexity index is 385. The number of fused-ring (bicyclic) bond motifs is 1. The standard InChI is InChI=1S/C13H18O3/c1-9(15-3)13(2,14)11-6-4-5-10-7-8-16-12(10)11/h4-6,9,14H,7-8H2,1-3H3. The predicted octanol–water partition coefficient (Wildman–Crippen LogP) is 1.86. The van der Waals surface area contributed by atoms with Gasteiger partial charge in [-0.25, -0.2) is 0 Å². The van der Waals surface area contributed by atoms with Gasteiger partial charge < -0.3 is 14.6 Å². The molecule has 0 radical (unpaired) electrons. The van der Waals surface area contributed by atoms with Gasteiger partial charge in [0.1, 0.15) is 11.4 Å². The third-order valence-electron chi connectivity index (χ3n) is 3.40. The minimum absolute atomic E-state index is 0.275. The third kappa shape index (κ3) is 1.70. The van der Waals surface area contributed by atoms with Crippen LogP contribution in [0.2, 0.25) is 0 Å². The zero-order chi connectivity index (χ0) is 11.8. The second-order valence-electron chi connectivity index (χ2n) is 4.42. The summed E-state index contributed by atoms with van der Waals surface area (Å²) in [4.78, 5) is 0. The Labute approximate surface area is 96.0 Å². The summed E-state index contributed by atoms with van der Waals surface area (Å²) in [7, 11) is 1.60. The monoisotopic (exact) mass is 222 g/mol. The molecule has 0 saturated carbocycles. The van der Waals surface area contributed by atoms with E-state index in [9.17, 15) is 5.11 Å². The van der Waals surface area contributed by atoms with Crippen LogP contribution in [0, 0.1) is 0 Å². The van der Waals surface area contributed by atoms with E-state index in [1.165, 1.54) is 5.56 Å². The first-order valence-electron chi connectivity index (χ1n) is 5.57.